The van der Waals surface area contributed by atoms with Crippen molar-refractivity contribution in [1.29, 1.82) is 0 Å². The van der Waals surface area contributed by atoms with Crippen LogP contribution in [-0.2, 0) is 9.59 Å². The molecule has 1 atom stereocenters. The minimum atomic E-state index is -0.734. The number of anilines is 2. The molecule has 2 amide bonds. The van der Waals surface area contributed by atoms with Crippen molar-refractivity contribution in [3.05, 3.63) is 58.1 Å². The number of ether oxygens (including phenoxy) is 1. The normalized spacial score (nSPS) is 15.7. The van der Waals surface area contributed by atoms with Gasteiger partial charge in [-0.1, -0.05) is 32.9 Å². The fraction of sp³-hybridized carbons (Fsp3) is 0.333. The zero-order valence-corrected chi connectivity index (χ0v) is 16.5. The Kier molecular flexibility index (Phi) is 5.81. The summed E-state index contributed by atoms with van der Waals surface area (Å²) in [4.78, 5) is 37.2. The summed E-state index contributed by atoms with van der Waals surface area (Å²) in [5.74, 6) is -0.0733. The molecule has 1 N–H and O–H groups in total. The minimum absolute atomic E-state index is 0.176. The Labute approximate surface area is 168 Å². The fourth-order valence-electron chi connectivity index (χ4n) is 3.14. The molecule has 0 aromatic heterocycles. The molecule has 8 heteroatoms. The Morgan fingerprint density at radius 3 is 2.52 bits per heavy atom. The van der Waals surface area contributed by atoms with Gasteiger partial charge in [-0.3, -0.25) is 24.6 Å². The SMILES string of the molecule is CCC1Oc2ccc([N+](=O)[O-])cc2N(CC(=O)Nc2ccc(C(C)C)cc2)C1=O. The van der Waals surface area contributed by atoms with Gasteiger partial charge in [-0.25, -0.2) is 0 Å². The first-order valence-corrected chi connectivity index (χ1v) is 9.46. The Bertz CT molecular complexity index is 940. The van der Waals surface area contributed by atoms with Crippen LogP contribution in [0.3, 0.4) is 0 Å². The molecule has 0 fully saturated rings. The lowest BCUT2D eigenvalue weighted by Gasteiger charge is -2.33. The molecule has 29 heavy (non-hydrogen) atoms. The zero-order valence-electron chi connectivity index (χ0n) is 16.5. The van der Waals surface area contributed by atoms with Crippen molar-refractivity contribution in [3.63, 3.8) is 0 Å². The van der Waals surface area contributed by atoms with Crippen LogP contribution in [0, 0.1) is 10.1 Å². The molecule has 0 saturated carbocycles. The van der Waals surface area contributed by atoms with E-state index < -0.39 is 22.8 Å². The van der Waals surface area contributed by atoms with Crippen molar-refractivity contribution < 1.29 is 19.2 Å². The third kappa shape index (κ3) is 4.37. The first-order valence-electron chi connectivity index (χ1n) is 9.46. The third-order valence-electron chi connectivity index (χ3n) is 4.79. The average Bonchev–Trinajstić information content (AvgIpc) is 2.69. The van der Waals surface area contributed by atoms with Gasteiger partial charge in [0, 0.05) is 17.8 Å². The average molecular weight is 397 g/mol. The summed E-state index contributed by atoms with van der Waals surface area (Å²) in [7, 11) is 0. The first kappa shape index (κ1) is 20.3. The van der Waals surface area contributed by atoms with Gasteiger partial charge < -0.3 is 10.1 Å². The maximum atomic E-state index is 12.8. The van der Waals surface area contributed by atoms with Crippen LogP contribution in [0.4, 0.5) is 17.1 Å². The molecule has 8 nitrogen and oxygen atoms in total. The predicted molar refractivity (Wildman–Crippen MR) is 109 cm³/mol. The molecule has 1 aliphatic rings. The van der Waals surface area contributed by atoms with Gasteiger partial charge >= 0.3 is 0 Å². The third-order valence-corrected chi connectivity index (χ3v) is 4.79. The Balaban J connectivity index is 1.82. The summed E-state index contributed by atoms with van der Waals surface area (Å²) in [6, 6.07) is 11.5. The van der Waals surface area contributed by atoms with Gasteiger partial charge in [0.25, 0.3) is 11.6 Å². The van der Waals surface area contributed by atoms with E-state index in [4.69, 9.17) is 4.74 Å². The molecular weight excluding hydrogens is 374 g/mol. The van der Waals surface area contributed by atoms with E-state index in [9.17, 15) is 19.7 Å². The summed E-state index contributed by atoms with van der Waals surface area (Å²) < 4.78 is 5.65. The highest BCUT2D eigenvalue weighted by Crippen LogP contribution is 2.37. The summed E-state index contributed by atoms with van der Waals surface area (Å²) in [6.45, 7) is 5.70. The molecule has 152 valence electrons. The number of nitro benzene ring substituents is 1. The summed E-state index contributed by atoms with van der Waals surface area (Å²) >= 11 is 0. The van der Waals surface area contributed by atoms with E-state index in [1.807, 2.05) is 24.3 Å². The number of fused-ring (bicyclic) bond motifs is 1. The van der Waals surface area contributed by atoms with Gasteiger partial charge in [0.1, 0.15) is 12.3 Å². The summed E-state index contributed by atoms with van der Waals surface area (Å²) in [6.07, 6.45) is -0.314. The minimum Gasteiger partial charge on any atom is -0.478 e. The topological polar surface area (TPSA) is 102 Å². The second kappa shape index (κ2) is 8.30. The zero-order chi connectivity index (χ0) is 21.1. The van der Waals surface area contributed by atoms with E-state index in [1.54, 1.807) is 6.92 Å². The highest BCUT2D eigenvalue weighted by Gasteiger charge is 2.35. The van der Waals surface area contributed by atoms with Crippen LogP contribution in [0.15, 0.2) is 42.5 Å². The van der Waals surface area contributed by atoms with E-state index in [0.717, 1.165) is 5.56 Å². The molecule has 1 aliphatic heterocycles. The van der Waals surface area contributed by atoms with Crippen LogP contribution in [0.5, 0.6) is 5.75 Å². The molecule has 2 aromatic rings. The van der Waals surface area contributed by atoms with Crippen LogP contribution in [0.2, 0.25) is 0 Å². The van der Waals surface area contributed by atoms with Crippen LogP contribution in [0.1, 0.15) is 38.7 Å². The Hall–Kier alpha value is -3.42. The number of carbonyl (C=O) groups is 2. The van der Waals surface area contributed by atoms with Crippen molar-refractivity contribution in [2.24, 2.45) is 0 Å². The van der Waals surface area contributed by atoms with Gasteiger partial charge in [0.15, 0.2) is 6.10 Å². The number of non-ortho nitro benzene ring substituents is 1. The van der Waals surface area contributed by atoms with Gasteiger partial charge in [0.2, 0.25) is 5.91 Å². The Morgan fingerprint density at radius 2 is 1.93 bits per heavy atom. The number of nitrogens with one attached hydrogen (secondary N) is 1. The monoisotopic (exact) mass is 397 g/mol. The van der Waals surface area contributed by atoms with Crippen molar-refractivity contribution >= 4 is 28.9 Å². The molecule has 0 spiro atoms. The first-order chi connectivity index (χ1) is 13.8. The van der Waals surface area contributed by atoms with Gasteiger partial charge in [-0.2, -0.15) is 0 Å². The smallest absolute Gasteiger partial charge is 0.271 e. The molecule has 0 bridgehead atoms. The standard InChI is InChI=1S/C21H23N3O5/c1-4-18-21(26)23(17-11-16(24(27)28)9-10-19(17)29-18)12-20(25)22-15-7-5-14(6-8-15)13(2)3/h5-11,13,18H,4,12H2,1-3H3,(H,22,25). The number of nitrogens with zero attached hydrogens (tertiary/aromatic N) is 2. The molecule has 0 saturated heterocycles. The van der Waals surface area contributed by atoms with Crippen LogP contribution >= 0.6 is 0 Å². The lowest BCUT2D eigenvalue weighted by molar-refractivity contribution is -0.384. The number of hydrogen-bond acceptors (Lipinski definition) is 5. The predicted octanol–water partition coefficient (Wildman–Crippen LogP) is 3.86. The van der Waals surface area contributed by atoms with Gasteiger partial charge in [0.05, 0.1) is 10.6 Å². The van der Waals surface area contributed by atoms with Gasteiger partial charge in [-0.05, 0) is 36.1 Å². The molecule has 1 heterocycles. The highest BCUT2D eigenvalue weighted by molar-refractivity contribution is 6.06. The van der Waals surface area contributed by atoms with Crippen molar-refractivity contribution in [2.45, 2.75) is 39.2 Å². The van der Waals surface area contributed by atoms with Crippen LogP contribution < -0.4 is 15.0 Å². The van der Waals surface area contributed by atoms with E-state index in [2.05, 4.69) is 19.2 Å². The summed E-state index contributed by atoms with van der Waals surface area (Å²) in [5.41, 5.74) is 1.81. The number of nitro groups is 1. The fourth-order valence-corrected chi connectivity index (χ4v) is 3.14. The van der Waals surface area contributed by atoms with E-state index >= 15 is 0 Å². The van der Waals surface area contributed by atoms with Crippen molar-refractivity contribution in [3.8, 4) is 5.75 Å². The molecule has 2 aromatic carbocycles. The van der Waals surface area contributed by atoms with Crippen LogP contribution in [0.25, 0.3) is 0 Å². The number of amides is 2. The van der Waals surface area contributed by atoms with E-state index in [1.165, 1.54) is 23.1 Å². The lowest BCUT2D eigenvalue weighted by Crippen LogP contribution is -2.48. The maximum Gasteiger partial charge on any atom is 0.271 e. The van der Waals surface area contributed by atoms with Gasteiger partial charge in [-0.15, -0.1) is 0 Å². The largest absolute Gasteiger partial charge is 0.478 e. The second-order valence-corrected chi connectivity index (χ2v) is 7.17. The van der Waals surface area contributed by atoms with Crippen molar-refractivity contribution in [2.75, 3.05) is 16.8 Å². The number of carbonyl (C=O) groups excluding carboxylic acids is 2. The number of benzene rings is 2. The van der Waals surface area contributed by atoms with Crippen molar-refractivity contribution in [1.82, 2.24) is 0 Å². The lowest BCUT2D eigenvalue weighted by atomic mass is 10.0. The highest BCUT2D eigenvalue weighted by atomic mass is 16.6. The number of rotatable bonds is 6. The quantitative estimate of drug-likeness (QED) is 0.589. The maximum absolute atomic E-state index is 12.8. The van der Waals surface area contributed by atoms with E-state index in [-0.39, 0.29) is 17.9 Å². The van der Waals surface area contributed by atoms with Crippen LogP contribution in [-0.4, -0.2) is 29.4 Å². The molecular formula is C21H23N3O5. The Morgan fingerprint density at radius 1 is 1.24 bits per heavy atom. The molecule has 3 rings (SSSR count). The summed E-state index contributed by atoms with van der Waals surface area (Å²) in [5, 5.41) is 13.9. The second-order valence-electron chi connectivity index (χ2n) is 7.17. The molecule has 1 unspecified atom stereocenters. The molecule has 0 radical (unpaired) electrons. The van der Waals surface area contributed by atoms with E-state index in [0.29, 0.717) is 23.8 Å². The number of hydrogen-bond donors (Lipinski definition) is 1. The molecule has 0 aliphatic carbocycles.